The number of carbonyl (C=O) groups excluding carboxylic acids is 1. The molecule has 3 rings (SSSR count). The molecule has 2 aromatic carbocycles. The fourth-order valence-electron chi connectivity index (χ4n) is 3.47. The van der Waals surface area contributed by atoms with Crippen molar-refractivity contribution in [3.63, 3.8) is 0 Å². The lowest BCUT2D eigenvalue weighted by molar-refractivity contribution is -0.122. The molecule has 132 valence electrons. The lowest BCUT2D eigenvalue weighted by Gasteiger charge is -2.29. The molecule has 1 unspecified atom stereocenters. The van der Waals surface area contributed by atoms with Gasteiger partial charge in [-0.25, -0.2) is 13.2 Å². The van der Waals surface area contributed by atoms with Crippen LogP contribution in [0.15, 0.2) is 36.4 Å². The van der Waals surface area contributed by atoms with Crippen LogP contribution in [-0.4, -0.2) is 23.4 Å². The number of carbonyl (C=O) groups is 1. The zero-order chi connectivity index (χ0) is 18.1. The molecule has 0 saturated carbocycles. The maximum absolute atomic E-state index is 13.9. The fraction of sp³-hybridized carbons (Fsp3) is 0.316. The van der Waals surface area contributed by atoms with Crippen molar-refractivity contribution in [2.24, 2.45) is 5.73 Å². The van der Waals surface area contributed by atoms with Crippen LogP contribution < -0.4 is 5.73 Å². The Hall–Kier alpha value is -2.34. The van der Waals surface area contributed by atoms with Gasteiger partial charge in [-0.05, 0) is 49.6 Å². The van der Waals surface area contributed by atoms with Crippen LogP contribution in [0.4, 0.5) is 13.2 Å². The van der Waals surface area contributed by atoms with Crippen molar-refractivity contribution in [1.29, 1.82) is 0 Å². The summed E-state index contributed by atoms with van der Waals surface area (Å²) in [6, 6.07) is 7.90. The monoisotopic (exact) mass is 348 g/mol. The second-order valence-electron chi connectivity index (χ2n) is 6.31. The van der Waals surface area contributed by atoms with Crippen molar-refractivity contribution in [2.75, 3.05) is 6.54 Å². The molecule has 1 saturated heterocycles. The number of rotatable bonds is 4. The molecule has 1 aliphatic heterocycles. The van der Waals surface area contributed by atoms with E-state index >= 15 is 0 Å². The average molecular weight is 348 g/mol. The number of amides is 1. The molecule has 1 heterocycles. The Morgan fingerprint density at radius 1 is 1.12 bits per heavy atom. The summed E-state index contributed by atoms with van der Waals surface area (Å²) in [5.41, 5.74) is 6.23. The van der Waals surface area contributed by atoms with Crippen LogP contribution in [0.5, 0.6) is 0 Å². The summed E-state index contributed by atoms with van der Waals surface area (Å²) in [7, 11) is 0. The van der Waals surface area contributed by atoms with Gasteiger partial charge < -0.3 is 5.73 Å². The fourth-order valence-corrected chi connectivity index (χ4v) is 3.47. The molecule has 2 aromatic rings. The third kappa shape index (κ3) is 3.26. The van der Waals surface area contributed by atoms with Crippen molar-refractivity contribution in [2.45, 2.75) is 31.8 Å². The van der Waals surface area contributed by atoms with E-state index in [9.17, 15) is 18.0 Å². The van der Waals surface area contributed by atoms with Gasteiger partial charge in [-0.2, -0.15) is 0 Å². The van der Waals surface area contributed by atoms with Crippen molar-refractivity contribution in [3.8, 4) is 11.1 Å². The van der Waals surface area contributed by atoms with Crippen LogP contribution in [0, 0.1) is 17.5 Å². The number of nitrogens with zero attached hydrogens (tertiary/aromatic N) is 1. The van der Waals surface area contributed by atoms with Crippen LogP contribution in [0.25, 0.3) is 11.1 Å². The molecule has 3 nitrogen and oxygen atoms in total. The first-order chi connectivity index (χ1) is 11.9. The van der Waals surface area contributed by atoms with Gasteiger partial charge in [0, 0.05) is 6.04 Å². The van der Waals surface area contributed by atoms with Crippen LogP contribution in [-0.2, 0) is 4.79 Å². The molecule has 25 heavy (non-hydrogen) atoms. The molecule has 6 heteroatoms. The van der Waals surface area contributed by atoms with Crippen molar-refractivity contribution < 1.29 is 18.0 Å². The number of halogens is 3. The highest BCUT2D eigenvalue weighted by molar-refractivity contribution is 5.80. The lowest BCUT2D eigenvalue weighted by Crippen LogP contribution is -2.41. The molecule has 2 atom stereocenters. The van der Waals surface area contributed by atoms with E-state index in [0.29, 0.717) is 0 Å². The van der Waals surface area contributed by atoms with Crippen LogP contribution in [0.3, 0.4) is 0 Å². The average Bonchev–Trinajstić information content (AvgIpc) is 3.08. The van der Waals surface area contributed by atoms with E-state index < -0.39 is 17.5 Å². The van der Waals surface area contributed by atoms with E-state index in [2.05, 4.69) is 0 Å². The SMILES string of the molecule is C[C@@H](c1ccc(-c2c(F)ccc(F)c2F)cc1)N1CCCC1C(N)=O. The minimum atomic E-state index is -1.20. The van der Waals surface area contributed by atoms with E-state index in [1.807, 2.05) is 11.8 Å². The predicted molar refractivity (Wildman–Crippen MR) is 89.1 cm³/mol. The Morgan fingerprint density at radius 2 is 1.76 bits per heavy atom. The third-order valence-corrected chi connectivity index (χ3v) is 4.85. The van der Waals surface area contributed by atoms with Gasteiger partial charge in [0.1, 0.15) is 5.82 Å². The summed E-state index contributed by atoms with van der Waals surface area (Å²) in [5, 5.41) is 0. The summed E-state index contributed by atoms with van der Waals surface area (Å²) in [4.78, 5) is 13.6. The molecule has 0 radical (unpaired) electrons. The maximum atomic E-state index is 13.9. The van der Waals surface area contributed by atoms with Crippen LogP contribution in [0.2, 0.25) is 0 Å². The van der Waals surface area contributed by atoms with Crippen molar-refractivity contribution in [3.05, 3.63) is 59.4 Å². The van der Waals surface area contributed by atoms with E-state index in [1.165, 1.54) is 0 Å². The van der Waals surface area contributed by atoms with E-state index in [4.69, 9.17) is 5.73 Å². The smallest absolute Gasteiger partial charge is 0.234 e. The summed E-state index contributed by atoms with van der Waals surface area (Å²) in [5.74, 6) is -3.44. The molecular formula is C19H19F3N2O. The third-order valence-electron chi connectivity index (χ3n) is 4.85. The largest absolute Gasteiger partial charge is 0.368 e. The van der Waals surface area contributed by atoms with Crippen LogP contribution in [0.1, 0.15) is 31.4 Å². The molecule has 0 spiro atoms. The van der Waals surface area contributed by atoms with Gasteiger partial charge in [0.15, 0.2) is 11.6 Å². The maximum Gasteiger partial charge on any atom is 0.234 e. The number of nitrogens with two attached hydrogens (primary N) is 1. The first-order valence-corrected chi connectivity index (χ1v) is 8.19. The highest BCUT2D eigenvalue weighted by Gasteiger charge is 2.32. The highest BCUT2D eigenvalue weighted by Crippen LogP contribution is 2.32. The molecule has 0 aromatic heterocycles. The standard InChI is InChI=1S/C19H19F3N2O/c1-11(24-10-2-3-16(24)19(23)25)12-4-6-13(7-5-12)17-14(20)8-9-15(21)18(17)22/h4-9,11,16H,2-3,10H2,1H3,(H2,23,25)/t11-,16?/m0/s1. The second kappa shape index (κ2) is 6.88. The Kier molecular flexibility index (Phi) is 4.81. The summed E-state index contributed by atoms with van der Waals surface area (Å²) < 4.78 is 41.2. The van der Waals surface area contributed by atoms with Crippen LogP contribution >= 0.6 is 0 Å². The quantitative estimate of drug-likeness (QED) is 0.855. The molecular weight excluding hydrogens is 329 g/mol. The normalized spacial score (nSPS) is 19.1. The molecule has 1 fully saturated rings. The van der Waals surface area contributed by atoms with Gasteiger partial charge in [-0.15, -0.1) is 0 Å². The number of likely N-dealkylation sites (tertiary alicyclic amines) is 1. The van der Waals surface area contributed by atoms with Gasteiger partial charge in [-0.1, -0.05) is 24.3 Å². The second-order valence-corrected chi connectivity index (χ2v) is 6.31. The molecule has 1 amide bonds. The number of primary amides is 1. The highest BCUT2D eigenvalue weighted by atomic mass is 19.2. The zero-order valence-corrected chi connectivity index (χ0v) is 13.8. The predicted octanol–water partition coefficient (Wildman–Crippen LogP) is 3.78. The zero-order valence-electron chi connectivity index (χ0n) is 13.8. The van der Waals surface area contributed by atoms with Gasteiger partial charge >= 0.3 is 0 Å². The summed E-state index contributed by atoms with van der Waals surface area (Å²) >= 11 is 0. The minimum Gasteiger partial charge on any atom is -0.368 e. The van der Waals surface area contributed by atoms with Gasteiger partial charge in [0.25, 0.3) is 0 Å². The minimum absolute atomic E-state index is 0.0590. The Morgan fingerprint density at radius 3 is 2.40 bits per heavy atom. The molecule has 1 aliphatic rings. The Bertz CT molecular complexity index is 792. The molecule has 0 aliphatic carbocycles. The number of hydrogen-bond donors (Lipinski definition) is 1. The topological polar surface area (TPSA) is 46.3 Å². The molecule has 0 bridgehead atoms. The van der Waals surface area contributed by atoms with E-state index in [0.717, 1.165) is 37.1 Å². The van der Waals surface area contributed by atoms with Gasteiger partial charge in [0.05, 0.1) is 11.6 Å². The Balaban J connectivity index is 1.88. The number of benzene rings is 2. The Labute approximate surface area is 144 Å². The summed E-state index contributed by atoms with van der Waals surface area (Å²) in [6.07, 6.45) is 1.63. The van der Waals surface area contributed by atoms with Crippen molar-refractivity contribution in [1.82, 2.24) is 4.90 Å². The first-order valence-electron chi connectivity index (χ1n) is 8.19. The number of hydrogen-bond acceptors (Lipinski definition) is 2. The van der Waals surface area contributed by atoms with Gasteiger partial charge in [0.2, 0.25) is 5.91 Å². The lowest BCUT2D eigenvalue weighted by atomic mass is 9.99. The van der Waals surface area contributed by atoms with E-state index in [1.54, 1.807) is 24.3 Å². The van der Waals surface area contributed by atoms with Crippen molar-refractivity contribution >= 4 is 5.91 Å². The first kappa shape index (κ1) is 17.5. The van der Waals surface area contributed by atoms with E-state index in [-0.39, 0.29) is 29.1 Å². The summed E-state index contributed by atoms with van der Waals surface area (Å²) in [6.45, 7) is 2.73. The molecule has 2 N–H and O–H groups in total. The van der Waals surface area contributed by atoms with Gasteiger partial charge in [-0.3, -0.25) is 9.69 Å².